The fourth-order valence-corrected chi connectivity index (χ4v) is 3.78. The van der Waals surface area contributed by atoms with Crippen LogP contribution in [0.4, 0.5) is 5.69 Å². The van der Waals surface area contributed by atoms with Crippen LogP contribution in [0.3, 0.4) is 0 Å². The van der Waals surface area contributed by atoms with Crippen LogP contribution >= 0.6 is 0 Å². The smallest absolute Gasteiger partial charge is 0.0418 e. The number of unbranched alkanes of at least 4 members (excludes halogenated alkanes) is 1. The lowest BCUT2D eigenvalue weighted by atomic mass is 9.81. The van der Waals surface area contributed by atoms with Gasteiger partial charge in [0, 0.05) is 30.6 Å². The summed E-state index contributed by atoms with van der Waals surface area (Å²) >= 11 is 0. The largest absolute Gasteiger partial charge is 0.361 e. The van der Waals surface area contributed by atoms with Crippen LogP contribution in [0, 0.1) is 0 Å². The summed E-state index contributed by atoms with van der Waals surface area (Å²) in [7, 11) is 1.78. The fraction of sp³-hybridized carbons (Fsp3) is 0.483. The summed E-state index contributed by atoms with van der Waals surface area (Å²) in [6, 6.07) is 13.6. The van der Waals surface area contributed by atoms with Gasteiger partial charge in [0.2, 0.25) is 0 Å². The minimum atomic E-state index is 0.0327. The van der Waals surface area contributed by atoms with E-state index in [-0.39, 0.29) is 5.41 Å². The summed E-state index contributed by atoms with van der Waals surface area (Å²) in [6.07, 6.45) is 9.46. The molecule has 1 N–H and O–H groups in total. The quantitative estimate of drug-likeness (QED) is 0.463. The molecular weight excluding hydrogens is 376 g/mol. The van der Waals surface area contributed by atoms with Crippen molar-refractivity contribution in [3.05, 3.63) is 65.4 Å². The Kier molecular flexibility index (Phi) is 11.3. The van der Waals surface area contributed by atoms with Crippen LogP contribution < -0.4 is 5.32 Å². The number of allylic oxidation sites excluding steroid dienone is 1. The van der Waals surface area contributed by atoms with E-state index in [2.05, 4.69) is 88.2 Å². The molecule has 31 heavy (non-hydrogen) atoms. The van der Waals surface area contributed by atoms with Crippen LogP contribution in [0.15, 0.2) is 53.7 Å². The van der Waals surface area contributed by atoms with Gasteiger partial charge < -0.3 is 5.32 Å². The van der Waals surface area contributed by atoms with E-state index < -0.39 is 0 Å². The third-order valence-corrected chi connectivity index (χ3v) is 5.97. The zero-order valence-electron chi connectivity index (χ0n) is 21.3. The van der Waals surface area contributed by atoms with Crippen LogP contribution in [0.5, 0.6) is 0 Å². The first-order chi connectivity index (χ1) is 14.9. The van der Waals surface area contributed by atoms with Gasteiger partial charge >= 0.3 is 0 Å². The van der Waals surface area contributed by atoms with Crippen molar-refractivity contribution >= 4 is 11.9 Å². The van der Waals surface area contributed by atoms with E-state index >= 15 is 0 Å². The Morgan fingerprint density at radius 1 is 0.968 bits per heavy atom. The molecule has 0 amide bonds. The molecule has 2 nitrogen and oxygen atoms in total. The Hall–Kier alpha value is -2.35. The number of rotatable bonds is 6. The van der Waals surface area contributed by atoms with E-state index in [1.54, 1.807) is 13.3 Å². The lowest BCUT2D eigenvalue weighted by Gasteiger charge is -2.24. The lowest BCUT2D eigenvalue weighted by molar-refractivity contribution is 0.659. The van der Waals surface area contributed by atoms with Crippen molar-refractivity contribution in [3.8, 4) is 11.1 Å². The highest BCUT2D eigenvalue weighted by atomic mass is 14.8. The van der Waals surface area contributed by atoms with Gasteiger partial charge in [-0.15, -0.1) is 0 Å². The van der Waals surface area contributed by atoms with Crippen LogP contribution in [0.1, 0.15) is 97.3 Å². The third kappa shape index (κ3) is 6.32. The van der Waals surface area contributed by atoms with Crippen molar-refractivity contribution in [1.29, 1.82) is 0 Å². The Labute approximate surface area is 191 Å². The number of nitrogens with zero attached hydrogens (tertiary/aromatic N) is 1. The van der Waals surface area contributed by atoms with Crippen LogP contribution in [0.2, 0.25) is 0 Å². The molecule has 1 unspecified atom stereocenters. The summed E-state index contributed by atoms with van der Waals surface area (Å²) in [5, 5.41) is 3.49. The summed E-state index contributed by atoms with van der Waals surface area (Å²) < 4.78 is 0. The van der Waals surface area contributed by atoms with E-state index in [9.17, 15) is 0 Å². The molecule has 0 heterocycles. The van der Waals surface area contributed by atoms with Crippen LogP contribution in [-0.2, 0) is 5.41 Å². The molecule has 0 aliphatic heterocycles. The first-order valence-corrected chi connectivity index (χ1v) is 12.0. The van der Waals surface area contributed by atoms with Gasteiger partial charge in [0.1, 0.15) is 0 Å². The molecule has 1 atom stereocenters. The van der Waals surface area contributed by atoms with Crippen molar-refractivity contribution in [2.24, 2.45) is 4.99 Å². The van der Waals surface area contributed by atoms with Gasteiger partial charge in [-0.2, -0.15) is 0 Å². The Bertz CT molecular complexity index is 857. The number of aliphatic imine (C=N–C) groups is 1. The molecule has 1 aliphatic rings. The van der Waals surface area contributed by atoms with Gasteiger partial charge in [0.05, 0.1) is 0 Å². The molecule has 0 radical (unpaired) electrons. The SMILES string of the molecule is CC.CCC(C)c1cc2c(cc1N/C=C\C=NC)C(C)(C)c1ccccc1-2.CCCC. The van der Waals surface area contributed by atoms with Gasteiger partial charge in [0.25, 0.3) is 0 Å². The summed E-state index contributed by atoms with van der Waals surface area (Å²) in [5.41, 5.74) is 8.21. The predicted octanol–water partition coefficient (Wildman–Crippen LogP) is 8.97. The van der Waals surface area contributed by atoms with Crippen molar-refractivity contribution < 1.29 is 0 Å². The average molecular weight is 421 g/mol. The number of anilines is 1. The Balaban J connectivity index is 0.000000720. The predicted molar refractivity (Wildman–Crippen MR) is 142 cm³/mol. The molecule has 0 bridgehead atoms. The minimum Gasteiger partial charge on any atom is -0.361 e. The number of fused-ring (bicyclic) bond motifs is 3. The van der Waals surface area contributed by atoms with E-state index in [1.165, 1.54) is 46.3 Å². The maximum absolute atomic E-state index is 4.00. The van der Waals surface area contributed by atoms with Crippen molar-refractivity contribution in [3.63, 3.8) is 0 Å². The molecule has 2 aromatic rings. The fourth-order valence-electron chi connectivity index (χ4n) is 3.78. The lowest BCUT2D eigenvalue weighted by Crippen LogP contribution is -2.15. The molecule has 0 spiro atoms. The molecular formula is C29H44N2. The molecule has 0 fully saturated rings. The number of nitrogens with one attached hydrogen (secondary N) is 1. The van der Waals surface area contributed by atoms with E-state index in [0.29, 0.717) is 5.92 Å². The maximum Gasteiger partial charge on any atom is 0.0418 e. The molecule has 1 aliphatic carbocycles. The highest BCUT2D eigenvalue weighted by Crippen LogP contribution is 2.50. The minimum absolute atomic E-state index is 0.0327. The normalized spacial score (nSPS) is 14.2. The summed E-state index contributed by atoms with van der Waals surface area (Å²) in [5.74, 6) is 0.511. The number of benzene rings is 2. The highest BCUT2D eigenvalue weighted by Gasteiger charge is 2.36. The van der Waals surface area contributed by atoms with E-state index in [0.717, 1.165) is 6.42 Å². The van der Waals surface area contributed by atoms with E-state index in [1.807, 2.05) is 26.1 Å². The van der Waals surface area contributed by atoms with Gasteiger partial charge in [-0.05, 0) is 58.4 Å². The molecule has 3 rings (SSSR count). The number of hydrogen-bond acceptors (Lipinski definition) is 2. The zero-order valence-corrected chi connectivity index (χ0v) is 21.3. The molecule has 170 valence electrons. The second-order valence-corrected chi connectivity index (χ2v) is 8.38. The van der Waals surface area contributed by atoms with Crippen molar-refractivity contribution in [2.45, 2.75) is 86.0 Å². The second kappa shape index (κ2) is 13.1. The maximum atomic E-state index is 4.00. The topological polar surface area (TPSA) is 24.4 Å². The Morgan fingerprint density at radius 2 is 1.61 bits per heavy atom. The van der Waals surface area contributed by atoms with Gasteiger partial charge in [-0.1, -0.05) is 92.5 Å². The van der Waals surface area contributed by atoms with Gasteiger partial charge in [-0.3, -0.25) is 4.99 Å². The first kappa shape index (κ1) is 26.7. The standard InChI is InChI=1S/C23H28N2.C4H10.C2H6/c1-6-16(2)18-14-19-17-10-7-8-11-20(17)23(3,4)21(19)15-22(18)25-13-9-12-24-5;1-3-4-2;1-2/h7-16,25H,6H2,1-5H3;3-4H2,1-2H3;1-2H3/b13-9-,24-12?;;. The average Bonchev–Trinajstić information content (AvgIpc) is 3.03. The first-order valence-electron chi connectivity index (χ1n) is 12.0. The molecule has 2 heteroatoms. The van der Waals surface area contributed by atoms with Crippen molar-refractivity contribution in [2.75, 3.05) is 12.4 Å². The monoisotopic (exact) mass is 420 g/mol. The van der Waals surface area contributed by atoms with Gasteiger partial charge in [-0.25, -0.2) is 0 Å². The highest BCUT2D eigenvalue weighted by molar-refractivity contribution is 5.84. The Morgan fingerprint density at radius 3 is 2.19 bits per heavy atom. The summed E-state index contributed by atoms with van der Waals surface area (Å²) in [4.78, 5) is 4.00. The van der Waals surface area contributed by atoms with Crippen LogP contribution in [-0.4, -0.2) is 13.3 Å². The van der Waals surface area contributed by atoms with Crippen molar-refractivity contribution in [1.82, 2.24) is 0 Å². The van der Waals surface area contributed by atoms with E-state index in [4.69, 9.17) is 0 Å². The zero-order chi connectivity index (χ0) is 23.4. The van der Waals surface area contributed by atoms with Gasteiger partial charge in [0.15, 0.2) is 0 Å². The second-order valence-electron chi connectivity index (χ2n) is 8.38. The molecule has 0 aromatic heterocycles. The molecule has 0 saturated heterocycles. The third-order valence-electron chi connectivity index (χ3n) is 5.97. The molecule has 2 aromatic carbocycles. The van der Waals surface area contributed by atoms with Crippen LogP contribution in [0.25, 0.3) is 11.1 Å². The summed E-state index contributed by atoms with van der Waals surface area (Å²) in [6.45, 7) is 17.6. The number of hydrogen-bond donors (Lipinski definition) is 1. The molecule has 0 saturated carbocycles.